The lowest BCUT2D eigenvalue weighted by atomic mass is 10.0. The average Bonchev–Trinajstić information content (AvgIpc) is 2.99. The van der Waals surface area contributed by atoms with E-state index in [1.54, 1.807) is 0 Å². The van der Waals surface area contributed by atoms with Crippen molar-refractivity contribution in [2.75, 3.05) is 28.6 Å². The average molecular weight is 345 g/mol. The SMILES string of the molecule is Cc1ccc(C)c(NC(=O)Nc2nnc(N3CCC[C@H](C)C3)s2)c1. The van der Waals surface area contributed by atoms with Gasteiger partial charge in [-0.05, 0) is 49.8 Å². The normalized spacial score (nSPS) is 17.6. The van der Waals surface area contributed by atoms with Crippen LogP contribution < -0.4 is 15.5 Å². The number of nitrogens with zero attached hydrogens (tertiary/aromatic N) is 3. The maximum atomic E-state index is 12.2. The predicted octanol–water partition coefficient (Wildman–Crippen LogP) is 4.04. The summed E-state index contributed by atoms with van der Waals surface area (Å²) in [7, 11) is 0. The molecule has 2 heterocycles. The number of piperidine rings is 1. The third kappa shape index (κ3) is 4.03. The van der Waals surface area contributed by atoms with Gasteiger partial charge in [0.2, 0.25) is 10.3 Å². The van der Waals surface area contributed by atoms with Gasteiger partial charge in [-0.3, -0.25) is 5.32 Å². The number of amides is 2. The maximum Gasteiger partial charge on any atom is 0.325 e. The molecule has 128 valence electrons. The van der Waals surface area contributed by atoms with Crippen LogP contribution in [0.25, 0.3) is 0 Å². The lowest BCUT2D eigenvalue weighted by molar-refractivity contribution is 0.262. The standard InChI is InChI=1S/C17H23N5OS/c1-11-6-7-13(3)14(9-11)18-15(23)19-16-20-21-17(24-16)22-8-4-5-12(2)10-22/h6-7,9,12H,4-5,8,10H2,1-3H3,(H2,18,19,20,23)/t12-/m0/s1. The first kappa shape index (κ1) is 16.7. The van der Waals surface area contributed by atoms with Crippen LogP contribution >= 0.6 is 11.3 Å². The zero-order valence-corrected chi connectivity index (χ0v) is 15.1. The lowest BCUT2D eigenvalue weighted by Gasteiger charge is -2.29. The van der Waals surface area contributed by atoms with E-state index in [4.69, 9.17) is 0 Å². The third-order valence-corrected chi connectivity index (χ3v) is 5.10. The quantitative estimate of drug-likeness (QED) is 0.881. The van der Waals surface area contributed by atoms with Crippen molar-refractivity contribution in [2.24, 2.45) is 5.92 Å². The smallest absolute Gasteiger partial charge is 0.325 e. The van der Waals surface area contributed by atoms with Crippen molar-refractivity contribution in [2.45, 2.75) is 33.6 Å². The summed E-state index contributed by atoms with van der Waals surface area (Å²) >= 11 is 1.42. The summed E-state index contributed by atoms with van der Waals surface area (Å²) in [5, 5.41) is 15.4. The molecular weight excluding hydrogens is 322 g/mol. The Hall–Kier alpha value is -2.15. The van der Waals surface area contributed by atoms with E-state index < -0.39 is 0 Å². The molecule has 1 aliphatic heterocycles. The monoisotopic (exact) mass is 345 g/mol. The van der Waals surface area contributed by atoms with Crippen LogP contribution in [-0.2, 0) is 0 Å². The first-order valence-electron chi connectivity index (χ1n) is 8.25. The Kier molecular flexibility index (Phi) is 4.99. The molecule has 1 aromatic carbocycles. The lowest BCUT2D eigenvalue weighted by Crippen LogP contribution is -2.34. The number of hydrogen-bond acceptors (Lipinski definition) is 5. The number of rotatable bonds is 3. The molecule has 0 spiro atoms. The molecule has 6 nitrogen and oxygen atoms in total. The molecule has 24 heavy (non-hydrogen) atoms. The van der Waals surface area contributed by atoms with Crippen molar-refractivity contribution < 1.29 is 4.79 Å². The fourth-order valence-electron chi connectivity index (χ4n) is 2.88. The van der Waals surface area contributed by atoms with E-state index in [1.807, 2.05) is 32.0 Å². The number of aromatic nitrogens is 2. The van der Waals surface area contributed by atoms with E-state index in [-0.39, 0.29) is 6.03 Å². The molecule has 3 rings (SSSR count). The minimum atomic E-state index is -0.293. The first-order chi connectivity index (χ1) is 11.5. The second kappa shape index (κ2) is 7.17. The van der Waals surface area contributed by atoms with Crippen molar-refractivity contribution in [3.05, 3.63) is 29.3 Å². The molecular formula is C17H23N5OS. The van der Waals surface area contributed by atoms with Crippen LogP contribution in [-0.4, -0.2) is 29.3 Å². The molecule has 0 aliphatic carbocycles. The highest BCUT2D eigenvalue weighted by Gasteiger charge is 2.20. The molecule has 1 aromatic heterocycles. The van der Waals surface area contributed by atoms with Crippen LogP contribution in [0.15, 0.2) is 18.2 Å². The fourth-order valence-corrected chi connectivity index (χ4v) is 3.65. The summed E-state index contributed by atoms with van der Waals surface area (Å²) in [6, 6.07) is 5.68. The van der Waals surface area contributed by atoms with Gasteiger partial charge in [-0.2, -0.15) is 0 Å². The van der Waals surface area contributed by atoms with Crippen LogP contribution in [0.5, 0.6) is 0 Å². The van der Waals surface area contributed by atoms with E-state index in [1.165, 1.54) is 24.2 Å². The van der Waals surface area contributed by atoms with Gasteiger partial charge in [0.05, 0.1) is 0 Å². The Bertz CT molecular complexity index is 730. The van der Waals surface area contributed by atoms with Gasteiger partial charge < -0.3 is 10.2 Å². The topological polar surface area (TPSA) is 70.1 Å². The molecule has 0 unspecified atom stereocenters. The van der Waals surface area contributed by atoms with Crippen LogP contribution in [0.1, 0.15) is 30.9 Å². The van der Waals surface area contributed by atoms with E-state index in [2.05, 4.69) is 32.7 Å². The minimum absolute atomic E-state index is 0.293. The number of carbonyl (C=O) groups is 1. The Labute approximate surface area is 146 Å². The van der Waals surface area contributed by atoms with Crippen LogP contribution in [0, 0.1) is 19.8 Å². The zero-order chi connectivity index (χ0) is 17.1. The Balaban J connectivity index is 1.62. The summed E-state index contributed by atoms with van der Waals surface area (Å²) in [5.74, 6) is 0.673. The van der Waals surface area contributed by atoms with Crippen molar-refractivity contribution >= 4 is 33.3 Å². The van der Waals surface area contributed by atoms with Gasteiger partial charge in [0, 0.05) is 18.8 Å². The molecule has 1 atom stereocenters. The van der Waals surface area contributed by atoms with Gasteiger partial charge in [0.25, 0.3) is 0 Å². The van der Waals surface area contributed by atoms with Gasteiger partial charge in [-0.1, -0.05) is 30.4 Å². The highest BCUT2D eigenvalue weighted by Crippen LogP contribution is 2.28. The fraction of sp³-hybridized carbons (Fsp3) is 0.471. The molecule has 0 saturated carbocycles. The van der Waals surface area contributed by atoms with E-state index in [0.717, 1.165) is 35.0 Å². The number of anilines is 3. The summed E-state index contributed by atoms with van der Waals surface area (Å²) in [4.78, 5) is 14.4. The van der Waals surface area contributed by atoms with E-state index in [0.29, 0.717) is 11.0 Å². The van der Waals surface area contributed by atoms with Crippen LogP contribution in [0.3, 0.4) is 0 Å². The highest BCUT2D eigenvalue weighted by molar-refractivity contribution is 7.19. The zero-order valence-electron chi connectivity index (χ0n) is 14.3. The van der Waals surface area contributed by atoms with Gasteiger partial charge in [0.1, 0.15) is 0 Å². The van der Waals surface area contributed by atoms with Crippen LogP contribution in [0.2, 0.25) is 0 Å². The van der Waals surface area contributed by atoms with Crippen LogP contribution in [0.4, 0.5) is 20.7 Å². The molecule has 2 amide bonds. The third-order valence-electron chi connectivity index (χ3n) is 4.20. The first-order valence-corrected chi connectivity index (χ1v) is 9.06. The van der Waals surface area contributed by atoms with E-state index >= 15 is 0 Å². The summed E-state index contributed by atoms with van der Waals surface area (Å²) in [6.45, 7) is 8.23. The molecule has 7 heteroatoms. The van der Waals surface area contributed by atoms with Crippen molar-refractivity contribution in [3.8, 4) is 0 Å². The molecule has 1 saturated heterocycles. The molecule has 0 bridgehead atoms. The number of hydrogen-bond donors (Lipinski definition) is 2. The summed E-state index contributed by atoms with van der Waals surface area (Å²) in [6.07, 6.45) is 2.44. The number of urea groups is 1. The van der Waals surface area contributed by atoms with Crippen molar-refractivity contribution in [3.63, 3.8) is 0 Å². The Morgan fingerprint density at radius 3 is 2.92 bits per heavy atom. The van der Waals surface area contributed by atoms with Gasteiger partial charge in [-0.15, -0.1) is 10.2 Å². The minimum Gasteiger partial charge on any atom is -0.346 e. The van der Waals surface area contributed by atoms with Gasteiger partial charge in [0.15, 0.2) is 0 Å². The van der Waals surface area contributed by atoms with Crippen molar-refractivity contribution in [1.29, 1.82) is 0 Å². The molecule has 1 fully saturated rings. The molecule has 2 aromatic rings. The number of nitrogens with one attached hydrogen (secondary N) is 2. The molecule has 0 radical (unpaired) electrons. The molecule has 2 N–H and O–H groups in total. The maximum absolute atomic E-state index is 12.2. The van der Waals surface area contributed by atoms with Crippen molar-refractivity contribution in [1.82, 2.24) is 10.2 Å². The second-order valence-corrected chi connectivity index (χ2v) is 7.44. The van der Waals surface area contributed by atoms with E-state index in [9.17, 15) is 4.79 Å². The summed E-state index contributed by atoms with van der Waals surface area (Å²) < 4.78 is 0. The highest BCUT2D eigenvalue weighted by atomic mass is 32.1. The number of carbonyl (C=O) groups excluding carboxylic acids is 1. The number of benzene rings is 1. The molecule has 1 aliphatic rings. The number of aryl methyl sites for hydroxylation is 2. The summed E-state index contributed by atoms with van der Waals surface area (Å²) in [5.41, 5.74) is 2.94. The Morgan fingerprint density at radius 2 is 2.12 bits per heavy atom. The van der Waals surface area contributed by atoms with Gasteiger partial charge >= 0.3 is 6.03 Å². The largest absolute Gasteiger partial charge is 0.346 e. The second-order valence-electron chi connectivity index (χ2n) is 6.48. The Morgan fingerprint density at radius 1 is 1.29 bits per heavy atom. The predicted molar refractivity (Wildman–Crippen MR) is 99.1 cm³/mol. The van der Waals surface area contributed by atoms with Gasteiger partial charge in [-0.25, -0.2) is 4.79 Å².